The molecule has 1 fully saturated rings. The molecule has 2 nitrogen and oxygen atoms in total. The Labute approximate surface area is 91.4 Å². The molecule has 0 aromatic heterocycles. The van der Waals surface area contributed by atoms with E-state index in [-0.39, 0.29) is 6.04 Å². The van der Waals surface area contributed by atoms with Crippen molar-refractivity contribution in [3.8, 4) is 0 Å². The zero-order chi connectivity index (χ0) is 10.7. The quantitative estimate of drug-likeness (QED) is 0.804. The van der Waals surface area contributed by atoms with Gasteiger partial charge in [-0.2, -0.15) is 0 Å². The third-order valence-electron chi connectivity index (χ3n) is 3.13. The summed E-state index contributed by atoms with van der Waals surface area (Å²) in [7, 11) is 0. The van der Waals surface area contributed by atoms with Gasteiger partial charge in [0.15, 0.2) is 0 Å². The van der Waals surface area contributed by atoms with E-state index >= 15 is 0 Å². The highest BCUT2D eigenvalue weighted by Crippen LogP contribution is 2.26. The van der Waals surface area contributed by atoms with Crippen LogP contribution >= 0.6 is 0 Å². The van der Waals surface area contributed by atoms with E-state index in [1.807, 2.05) is 0 Å². The Morgan fingerprint density at radius 1 is 1.47 bits per heavy atom. The molecule has 0 aliphatic carbocycles. The summed E-state index contributed by atoms with van der Waals surface area (Å²) in [5.74, 6) is 0.487. The van der Waals surface area contributed by atoms with Crippen molar-refractivity contribution >= 4 is 0 Å². The molecule has 2 unspecified atom stereocenters. The monoisotopic (exact) mass is 205 g/mol. The van der Waals surface area contributed by atoms with Crippen LogP contribution in [0.4, 0.5) is 0 Å². The van der Waals surface area contributed by atoms with E-state index in [0.717, 1.165) is 19.6 Å². The van der Waals surface area contributed by atoms with Crippen molar-refractivity contribution in [2.45, 2.75) is 25.8 Å². The molecule has 2 rings (SSSR count). The molecule has 0 saturated carbocycles. The van der Waals surface area contributed by atoms with Crippen LogP contribution in [0.1, 0.15) is 30.0 Å². The minimum atomic E-state index is 0.130. The smallest absolute Gasteiger partial charge is 0.0512 e. The second-order valence-electron chi connectivity index (χ2n) is 4.42. The molecule has 1 heterocycles. The Hall–Kier alpha value is -0.860. The van der Waals surface area contributed by atoms with Crippen LogP contribution in [0.15, 0.2) is 24.3 Å². The number of hydrogen-bond donors (Lipinski definition) is 1. The maximum atomic E-state index is 6.26. The minimum absolute atomic E-state index is 0.130. The fraction of sp³-hybridized carbons (Fsp3) is 0.538. The van der Waals surface area contributed by atoms with Crippen molar-refractivity contribution in [2.24, 2.45) is 11.7 Å². The van der Waals surface area contributed by atoms with Crippen molar-refractivity contribution in [3.63, 3.8) is 0 Å². The van der Waals surface area contributed by atoms with Crippen molar-refractivity contribution in [2.75, 3.05) is 13.2 Å². The van der Waals surface area contributed by atoms with Gasteiger partial charge in [0.25, 0.3) is 0 Å². The summed E-state index contributed by atoms with van der Waals surface area (Å²) in [6.07, 6.45) is 2.33. The first-order valence-corrected chi connectivity index (χ1v) is 5.67. The Morgan fingerprint density at radius 3 is 3.00 bits per heavy atom. The maximum Gasteiger partial charge on any atom is 0.0512 e. The van der Waals surface area contributed by atoms with Gasteiger partial charge >= 0.3 is 0 Å². The van der Waals surface area contributed by atoms with Gasteiger partial charge in [-0.15, -0.1) is 0 Å². The Balaban J connectivity index is 2.08. The van der Waals surface area contributed by atoms with Crippen LogP contribution in [0.2, 0.25) is 0 Å². The Kier molecular flexibility index (Phi) is 3.39. The predicted molar refractivity (Wildman–Crippen MR) is 61.7 cm³/mol. The molecule has 0 bridgehead atoms. The van der Waals surface area contributed by atoms with Crippen LogP contribution in [0.25, 0.3) is 0 Å². The lowest BCUT2D eigenvalue weighted by Crippen LogP contribution is -2.29. The molecule has 1 saturated heterocycles. The molecule has 15 heavy (non-hydrogen) atoms. The largest absolute Gasteiger partial charge is 0.381 e. The molecule has 1 aliphatic rings. The topological polar surface area (TPSA) is 35.2 Å². The summed E-state index contributed by atoms with van der Waals surface area (Å²) in [5, 5.41) is 0. The standard InChI is InChI=1S/C13H19NO/c1-10-4-2-5-11(8-10)13(14)12-6-3-7-15-9-12/h2,4-5,8,12-13H,3,6-7,9,14H2,1H3. The van der Waals surface area contributed by atoms with E-state index < -0.39 is 0 Å². The first kappa shape index (κ1) is 10.7. The molecule has 2 heteroatoms. The number of rotatable bonds is 2. The van der Waals surface area contributed by atoms with Gasteiger partial charge in [0.05, 0.1) is 6.61 Å². The normalized spacial score (nSPS) is 23.7. The molecule has 2 atom stereocenters. The average Bonchev–Trinajstić information content (AvgIpc) is 2.29. The second-order valence-corrected chi connectivity index (χ2v) is 4.42. The number of benzene rings is 1. The van der Waals surface area contributed by atoms with Gasteiger partial charge in [0, 0.05) is 18.6 Å². The highest BCUT2D eigenvalue weighted by atomic mass is 16.5. The number of aryl methyl sites for hydroxylation is 1. The van der Waals surface area contributed by atoms with Crippen molar-refractivity contribution in [1.29, 1.82) is 0 Å². The zero-order valence-corrected chi connectivity index (χ0v) is 9.28. The number of ether oxygens (including phenoxy) is 1. The van der Waals surface area contributed by atoms with Crippen molar-refractivity contribution < 1.29 is 4.74 Å². The van der Waals surface area contributed by atoms with Crippen LogP contribution < -0.4 is 5.73 Å². The summed E-state index contributed by atoms with van der Waals surface area (Å²) >= 11 is 0. The summed E-state index contributed by atoms with van der Waals surface area (Å²) in [6, 6.07) is 8.61. The molecular weight excluding hydrogens is 186 g/mol. The number of hydrogen-bond acceptors (Lipinski definition) is 2. The zero-order valence-electron chi connectivity index (χ0n) is 9.28. The summed E-state index contributed by atoms with van der Waals surface area (Å²) in [4.78, 5) is 0. The van der Waals surface area contributed by atoms with E-state index in [2.05, 4.69) is 31.2 Å². The van der Waals surface area contributed by atoms with Gasteiger partial charge in [0.2, 0.25) is 0 Å². The maximum absolute atomic E-state index is 6.26. The van der Waals surface area contributed by atoms with Crippen LogP contribution in [-0.2, 0) is 4.74 Å². The minimum Gasteiger partial charge on any atom is -0.381 e. The first-order valence-electron chi connectivity index (χ1n) is 5.67. The van der Waals surface area contributed by atoms with Gasteiger partial charge in [0.1, 0.15) is 0 Å². The third-order valence-corrected chi connectivity index (χ3v) is 3.13. The molecular formula is C13H19NO. The molecule has 82 valence electrons. The number of nitrogens with two attached hydrogens (primary N) is 1. The SMILES string of the molecule is Cc1cccc(C(N)C2CCCOC2)c1. The van der Waals surface area contributed by atoms with Gasteiger partial charge < -0.3 is 10.5 Å². The lowest BCUT2D eigenvalue weighted by molar-refractivity contribution is 0.0447. The first-order chi connectivity index (χ1) is 7.27. The van der Waals surface area contributed by atoms with E-state index in [1.54, 1.807) is 0 Å². The molecule has 2 N–H and O–H groups in total. The molecule has 1 aromatic carbocycles. The van der Waals surface area contributed by atoms with Gasteiger partial charge in [-0.1, -0.05) is 29.8 Å². The fourth-order valence-corrected chi connectivity index (χ4v) is 2.20. The third kappa shape index (κ3) is 2.58. The lowest BCUT2D eigenvalue weighted by Gasteiger charge is -2.28. The van der Waals surface area contributed by atoms with Crippen LogP contribution in [0.3, 0.4) is 0 Å². The predicted octanol–water partition coefficient (Wildman–Crippen LogP) is 2.42. The summed E-state index contributed by atoms with van der Waals surface area (Å²) in [5.41, 5.74) is 8.78. The second kappa shape index (κ2) is 4.77. The Bertz CT molecular complexity index is 318. The van der Waals surface area contributed by atoms with E-state index in [0.29, 0.717) is 5.92 Å². The van der Waals surface area contributed by atoms with Gasteiger partial charge in [-0.25, -0.2) is 0 Å². The van der Waals surface area contributed by atoms with E-state index in [4.69, 9.17) is 10.5 Å². The molecule has 0 radical (unpaired) electrons. The van der Waals surface area contributed by atoms with Crippen molar-refractivity contribution in [1.82, 2.24) is 0 Å². The molecule has 1 aromatic rings. The van der Waals surface area contributed by atoms with Crippen LogP contribution in [-0.4, -0.2) is 13.2 Å². The van der Waals surface area contributed by atoms with E-state index in [1.165, 1.54) is 17.5 Å². The van der Waals surface area contributed by atoms with Gasteiger partial charge in [-0.3, -0.25) is 0 Å². The summed E-state index contributed by atoms with van der Waals surface area (Å²) in [6.45, 7) is 3.82. The van der Waals surface area contributed by atoms with Crippen LogP contribution in [0.5, 0.6) is 0 Å². The molecule has 1 aliphatic heterocycles. The average molecular weight is 205 g/mol. The highest BCUT2D eigenvalue weighted by Gasteiger charge is 2.22. The lowest BCUT2D eigenvalue weighted by atomic mass is 9.89. The molecule has 0 amide bonds. The fourth-order valence-electron chi connectivity index (χ4n) is 2.20. The van der Waals surface area contributed by atoms with E-state index in [9.17, 15) is 0 Å². The highest BCUT2D eigenvalue weighted by molar-refractivity contribution is 5.25. The van der Waals surface area contributed by atoms with Crippen molar-refractivity contribution in [3.05, 3.63) is 35.4 Å². The summed E-state index contributed by atoms with van der Waals surface area (Å²) < 4.78 is 5.47. The molecule has 0 spiro atoms. The Morgan fingerprint density at radius 2 is 2.33 bits per heavy atom. The van der Waals surface area contributed by atoms with Gasteiger partial charge in [-0.05, 0) is 25.3 Å². The van der Waals surface area contributed by atoms with Crippen LogP contribution in [0, 0.1) is 12.8 Å².